The topological polar surface area (TPSA) is 76.9 Å². The van der Waals surface area contributed by atoms with E-state index in [0.717, 1.165) is 0 Å². The number of nitriles is 1. The van der Waals surface area contributed by atoms with Crippen molar-refractivity contribution in [3.05, 3.63) is 35.4 Å². The highest BCUT2D eigenvalue weighted by Gasteiger charge is 2.04. The number of carbonyl (C=O) groups excluding carboxylic acids is 1. The zero-order valence-corrected chi connectivity index (χ0v) is 10.1. The Kier molecular flexibility index (Phi) is 4.91. The molecule has 1 aromatic rings. The second-order valence-electron chi connectivity index (χ2n) is 3.13. The maximum atomic E-state index is 11.6. The van der Waals surface area contributed by atoms with Crippen LogP contribution in [-0.2, 0) is 0 Å². The van der Waals surface area contributed by atoms with E-state index < -0.39 is 0 Å². The largest absolute Gasteiger partial charge is 0.362 e. The first kappa shape index (κ1) is 12.9. The second-order valence-corrected chi connectivity index (χ2v) is 3.54. The molecule has 5 nitrogen and oxygen atoms in total. The van der Waals surface area contributed by atoms with Gasteiger partial charge in [0, 0.05) is 12.1 Å². The molecule has 6 heteroatoms. The highest BCUT2D eigenvalue weighted by molar-refractivity contribution is 7.80. The van der Waals surface area contributed by atoms with Gasteiger partial charge in [-0.2, -0.15) is 5.26 Å². The molecule has 0 aliphatic heterocycles. The molecule has 0 saturated heterocycles. The lowest BCUT2D eigenvalue weighted by atomic mass is 10.1. The van der Waals surface area contributed by atoms with Gasteiger partial charge in [-0.3, -0.25) is 15.6 Å². The van der Waals surface area contributed by atoms with Crippen molar-refractivity contribution in [3.63, 3.8) is 0 Å². The summed E-state index contributed by atoms with van der Waals surface area (Å²) in [5.74, 6) is -0.310. The number of hydrazine groups is 1. The summed E-state index contributed by atoms with van der Waals surface area (Å²) in [5.41, 5.74) is 5.98. The lowest BCUT2D eigenvalue weighted by Crippen LogP contribution is -2.46. The lowest BCUT2D eigenvalue weighted by molar-refractivity contribution is 0.0943. The van der Waals surface area contributed by atoms with Crippen LogP contribution in [0.2, 0.25) is 0 Å². The predicted molar refractivity (Wildman–Crippen MR) is 68.0 cm³/mol. The monoisotopic (exact) mass is 248 g/mol. The van der Waals surface area contributed by atoms with Gasteiger partial charge in [0.15, 0.2) is 5.11 Å². The molecule has 1 rings (SSSR count). The van der Waals surface area contributed by atoms with Crippen molar-refractivity contribution >= 4 is 23.2 Å². The zero-order valence-electron chi connectivity index (χ0n) is 9.28. The minimum absolute atomic E-state index is 0.310. The van der Waals surface area contributed by atoms with Crippen LogP contribution in [0.25, 0.3) is 0 Å². The molecule has 0 aliphatic rings. The molecule has 0 unspecified atom stereocenters. The van der Waals surface area contributed by atoms with Crippen molar-refractivity contribution in [1.29, 1.82) is 5.26 Å². The molecular formula is C11H12N4OS. The van der Waals surface area contributed by atoms with Gasteiger partial charge < -0.3 is 5.32 Å². The fraction of sp³-hybridized carbons (Fsp3) is 0.182. The molecule has 1 aromatic carbocycles. The minimum Gasteiger partial charge on any atom is -0.362 e. The van der Waals surface area contributed by atoms with Crippen molar-refractivity contribution in [1.82, 2.24) is 16.2 Å². The molecule has 0 spiro atoms. The summed E-state index contributed by atoms with van der Waals surface area (Å²) in [6, 6.07) is 8.29. The molecule has 0 aromatic heterocycles. The molecule has 0 saturated carbocycles. The van der Waals surface area contributed by atoms with E-state index in [-0.39, 0.29) is 5.91 Å². The van der Waals surface area contributed by atoms with Crippen molar-refractivity contribution < 1.29 is 4.79 Å². The number of thiocarbonyl (C=S) groups is 1. The molecule has 0 atom stereocenters. The summed E-state index contributed by atoms with van der Waals surface area (Å²) in [4.78, 5) is 11.6. The average molecular weight is 248 g/mol. The van der Waals surface area contributed by atoms with Gasteiger partial charge in [0.2, 0.25) is 0 Å². The summed E-state index contributed by atoms with van der Waals surface area (Å²) < 4.78 is 0. The van der Waals surface area contributed by atoms with E-state index in [1.165, 1.54) is 0 Å². The van der Waals surface area contributed by atoms with Crippen molar-refractivity contribution in [2.75, 3.05) is 6.54 Å². The van der Waals surface area contributed by atoms with Crippen molar-refractivity contribution in [2.24, 2.45) is 0 Å². The maximum absolute atomic E-state index is 11.6. The summed E-state index contributed by atoms with van der Waals surface area (Å²) in [7, 11) is 0. The van der Waals surface area contributed by atoms with Gasteiger partial charge in [-0.15, -0.1) is 0 Å². The highest BCUT2D eigenvalue weighted by atomic mass is 32.1. The Morgan fingerprint density at radius 3 is 2.53 bits per heavy atom. The van der Waals surface area contributed by atoms with Crippen LogP contribution < -0.4 is 16.2 Å². The van der Waals surface area contributed by atoms with Crippen molar-refractivity contribution in [3.8, 4) is 6.07 Å². The van der Waals surface area contributed by atoms with E-state index in [0.29, 0.717) is 22.8 Å². The van der Waals surface area contributed by atoms with Gasteiger partial charge in [0.25, 0.3) is 5.91 Å². The summed E-state index contributed by atoms with van der Waals surface area (Å²) in [5, 5.41) is 11.8. The molecular weight excluding hydrogens is 236 g/mol. The van der Waals surface area contributed by atoms with Crippen LogP contribution in [0.15, 0.2) is 24.3 Å². The minimum atomic E-state index is -0.310. The number of nitrogens with zero attached hydrogens (tertiary/aromatic N) is 1. The van der Waals surface area contributed by atoms with Gasteiger partial charge in [0.1, 0.15) is 0 Å². The molecule has 0 heterocycles. The number of carbonyl (C=O) groups is 1. The Morgan fingerprint density at radius 2 is 2.00 bits per heavy atom. The molecule has 0 aliphatic carbocycles. The standard InChI is InChI=1S/C11H12N4OS/c1-2-13-11(17)15-14-10(16)9-5-3-8(7-12)4-6-9/h3-6H,2H2,1H3,(H,14,16)(H2,13,15,17). The highest BCUT2D eigenvalue weighted by Crippen LogP contribution is 2.02. The number of amides is 1. The van der Waals surface area contributed by atoms with Crippen molar-refractivity contribution in [2.45, 2.75) is 6.92 Å². The fourth-order valence-corrected chi connectivity index (χ4v) is 1.28. The van der Waals surface area contributed by atoms with E-state index >= 15 is 0 Å². The van der Waals surface area contributed by atoms with Crippen LogP contribution in [0.5, 0.6) is 0 Å². The molecule has 0 fully saturated rings. The van der Waals surface area contributed by atoms with Gasteiger partial charge in [-0.05, 0) is 43.4 Å². The third-order valence-electron chi connectivity index (χ3n) is 1.90. The Labute approximate surface area is 105 Å². The fourth-order valence-electron chi connectivity index (χ4n) is 1.09. The average Bonchev–Trinajstić information content (AvgIpc) is 2.36. The maximum Gasteiger partial charge on any atom is 0.269 e. The molecule has 1 amide bonds. The number of hydrogen-bond donors (Lipinski definition) is 3. The predicted octanol–water partition coefficient (Wildman–Crippen LogP) is 0.687. The van der Waals surface area contributed by atoms with E-state index in [1.807, 2.05) is 13.0 Å². The number of hydrogen-bond acceptors (Lipinski definition) is 3. The second kappa shape index (κ2) is 6.45. The van der Waals surface area contributed by atoms with Gasteiger partial charge in [0.05, 0.1) is 11.6 Å². The van der Waals surface area contributed by atoms with E-state index in [2.05, 4.69) is 16.2 Å². The Morgan fingerprint density at radius 1 is 1.35 bits per heavy atom. The Bertz CT molecular complexity index is 450. The summed E-state index contributed by atoms with van der Waals surface area (Å²) >= 11 is 4.88. The van der Waals surface area contributed by atoms with Crippen LogP contribution in [0.4, 0.5) is 0 Å². The number of nitrogens with one attached hydrogen (secondary N) is 3. The molecule has 88 valence electrons. The third kappa shape index (κ3) is 4.09. The number of rotatable bonds is 2. The van der Waals surface area contributed by atoms with Gasteiger partial charge in [-0.1, -0.05) is 0 Å². The number of benzene rings is 1. The SMILES string of the molecule is CCNC(=S)NNC(=O)c1ccc(C#N)cc1. The van der Waals surface area contributed by atoms with Gasteiger partial charge >= 0.3 is 0 Å². The molecule has 0 radical (unpaired) electrons. The van der Waals surface area contributed by atoms with E-state index in [9.17, 15) is 4.79 Å². The zero-order chi connectivity index (χ0) is 12.7. The van der Waals surface area contributed by atoms with Crippen LogP contribution in [0, 0.1) is 11.3 Å². The van der Waals surface area contributed by atoms with Crippen LogP contribution >= 0.6 is 12.2 Å². The molecule has 0 bridgehead atoms. The normalized spacial score (nSPS) is 8.94. The van der Waals surface area contributed by atoms with Crippen LogP contribution in [-0.4, -0.2) is 17.6 Å². The first-order chi connectivity index (χ1) is 8.17. The first-order valence-corrected chi connectivity index (χ1v) is 5.42. The Hall–Kier alpha value is -2.13. The quantitative estimate of drug-likeness (QED) is 0.530. The Balaban J connectivity index is 2.52. The third-order valence-corrected chi connectivity index (χ3v) is 2.15. The van der Waals surface area contributed by atoms with E-state index in [1.54, 1.807) is 24.3 Å². The summed E-state index contributed by atoms with van der Waals surface area (Å²) in [6.07, 6.45) is 0. The first-order valence-electron chi connectivity index (χ1n) is 5.01. The molecule has 17 heavy (non-hydrogen) atoms. The van der Waals surface area contributed by atoms with Crippen LogP contribution in [0.1, 0.15) is 22.8 Å². The molecule has 3 N–H and O–H groups in total. The van der Waals surface area contributed by atoms with Gasteiger partial charge in [-0.25, -0.2) is 0 Å². The summed E-state index contributed by atoms with van der Waals surface area (Å²) in [6.45, 7) is 2.58. The van der Waals surface area contributed by atoms with Crippen LogP contribution in [0.3, 0.4) is 0 Å². The lowest BCUT2D eigenvalue weighted by Gasteiger charge is -2.09. The van der Waals surface area contributed by atoms with E-state index in [4.69, 9.17) is 17.5 Å². The smallest absolute Gasteiger partial charge is 0.269 e.